The number of nitro groups is 1. The molecule has 1 unspecified atom stereocenters. The lowest BCUT2D eigenvalue weighted by Crippen LogP contribution is -2.23. The minimum atomic E-state index is -0.548. The summed E-state index contributed by atoms with van der Waals surface area (Å²) >= 11 is 0. The van der Waals surface area contributed by atoms with Gasteiger partial charge in [-0.05, 0) is 24.6 Å². The molecule has 0 saturated heterocycles. The normalized spacial score (nSPS) is 11.9. The van der Waals surface area contributed by atoms with Crippen LogP contribution < -0.4 is 4.90 Å². The summed E-state index contributed by atoms with van der Waals surface area (Å²) in [5.41, 5.74) is 0.743. The summed E-state index contributed by atoms with van der Waals surface area (Å²) in [6, 6.07) is 6.05. The molecule has 6 nitrogen and oxygen atoms in total. The molecule has 20 heavy (non-hydrogen) atoms. The van der Waals surface area contributed by atoms with E-state index >= 15 is 0 Å². The quantitative estimate of drug-likeness (QED) is 0.634. The lowest BCUT2D eigenvalue weighted by Gasteiger charge is -2.24. The molecule has 1 atom stereocenters. The van der Waals surface area contributed by atoms with E-state index in [1.54, 1.807) is 24.1 Å². The fraction of sp³-hybridized carbons (Fsp3) is 0.231. The molecule has 0 spiro atoms. The third-order valence-corrected chi connectivity index (χ3v) is 3.08. The first-order chi connectivity index (χ1) is 9.49. The number of benzene rings is 1. The molecule has 0 bridgehead atoms. The molecule has 1 aromatic carbocycles. The predicted octanol–water partition coefficient (Wildman–Crippen LogP) is 2.72. The molecule has 2 rings (SSSR count). The van der Waals surface area contributed by atoms with Gasteiger partial charge in [0.1, 0.15) is 18.2 Å². The Balaban J connectivity index is 2.19. The lowest BCUT2D eigenvalue weighted by molar-refractivity contribution is -0.385. The van der Waals surface area contributed by atoms with Gasteiger partial charge in [-0.3, -0.25) is 10.1 Å². The van der Waals surface area contributed by atoms with Crippen molar-refractivity contribution in [1.29, 1.82) is 0 Å². The average Bonchev–Trinajstić information content (AvgIpc) is 2.46. The summed E-state index contributed by atoms with van der Waals surface area (Å²) in [4.78, 5) is 19.7. The highest BCUT2D eigenvalue weighted by molar-refractivity contribution is 5.37. The Morgan fingerprint density at radius 2 is 1.80 bits per heavy atom. The van der Waals surface area contributed by atoms with Crippen LogP contribution in [0.3, 0.4) is 0 Å². The summed E-state index contributed by atoms with van der Waals surface area (Å²) in [7, 11) is 1.77. The molecule has 0 amide bonds. The molecule has 0 aliphatic heterocycles. The number of aromatic nitrogens is 2. The van der Waals surface area contributed by atoms with E-state index < -0.39 is 4.92 Å². The van der Waals surface area contributed by atoms with E-state index in [2.05, 4.69) is 9.97 Å². The molecule has 1 heterocycles. The van der Waals surface area contributed by atoms with E-state index in [-0.39, 0.29) is 17.5 Å². The van der Waals surface area contributed by atoms with Crippen molar-refractivity contribution in [3.05, 3.63) is 58.2 Å². The summed E-state index contributed by atoms with van der Waals surface area (Å²) in [5, 5.41) is 10.5. The van der Waals surface area contributed by atoms with E-state index in [9.17, 15) is 14.5 Å². The van der Waals surface area contributed by atoms with Gasteiger partial charge < -0.3 is 4.90 Å². The van der Waals surface area contributed by atoms with Crippen molar-refractivity contribution < 1.29 is 9.31 Å². The molecule has 0 N–H and O–H groups in total. The highest BCUT2D eigenvalue weighted by atomic mass is 19.1. The molecule has 7 heteroatoms. The zero-order valence-corrected chi connectivity index (χ0v) is 11.0. The molecule has 0 fully saturated rings. The third-order valence-electron chi connectivity index (χ3n) is 3.08. The maximum atomic E-state index is 12.9. The number of hydrogen-bond acceptors (Lipinski definition) is 5. The number of anilines is 1. The molecule has 0 aliphatic carbocycles. The van der Waals surface area contributed by atoms with Gasteiger partial charge in [0.05, 0.1) is 11.0 Å². The Morgan fingerprint density at radius 1 is 1.25 bits per heavy atom. The molecule has 0 saturated carbocycles. The molecular weight excluding hydrogens is 263 g/mol. The SMILES string of the molecule is CC(c1ccc(F)cc1)N(C)c1ncc([N+](=O)[O-])cn1. The number of hydrogen-bond donors (Lipinski definition) is 0. The second-order valence-corrected chi connectivity index (χ2v) is 4.34. The zero-order chi connectivity index (χ0) is 14.7. The van der Waals surface area contributed by atoms with Gasteiger partial charge in [-0.25, -0.2) is 14.4 Å². The Morgan fingerprint density at radius 3 is 2.30 bits per heavy atom. The lowest BCUT2D eigenvalue weighted by atomic mass is 10.1. The first-order valence-corrected chi connectivity index (χ1v) is 5.94. The fourth-order valence-electron chi connectivity index (χ4n) is 1.73. The summed E-state index contributed by atoms with van der Waals surface area (Å²) in [5.74, 6) is 0.0719. The number of nitrogens with zero attached hydrogens (tertiary/aromatic N) is 4. The average molecular weight is 276 g/mol. The van der Waals surface area contributed by atoms with E-state index in [1.807, 2.05) is 6.92 Å². The van der Waals surface area contributed by atoms with Crippen LogP contribution in [0, 0.1) is 15.9 Å². The monoisotopic (exact) mass is 276 g/mol. The van der Waals surface area contributed by atoms with Crippen LogP contribution in [0.2, 0.25) is 0 Å². The smallest absolute Gasteiger partial charge is 0.305 e. The minimum absolute atomic E-state index is 0.0861. The first-order valence-electron chi connectivity index (χ1n) is 5.94. The van der Waals surface area contributed by atoms with Gasteiger partial charge in [0, 0.05) is 7.05 Å². The number of halogens is 1. The standard InChI is InChI=1S/C13H13FN4O2/c1-9(10-3-5-11(14)6-4-10)17(2)13-15-7-12(8-16-13)18(19)20/h3-9H,1-2H3. The number of rotatable bonds is 4. The van der Waals surface area contributed by atoms with Crippen molar-refractivity contribution in [1.82, 2.24) is 9.97 Å². The van der Waals surface area contributed by atoms with Crippen LogP contribution in [0.15, 0.2) is 36.7 Å². The van der Waals surface area contributed by atoms with Crippen molar-refractivity contribution in [2.45, 2.75) is 13.0 Å². The van der Waals surface area contributed by atoms with Crippen molar-refractivity contribution in [2.75, 3.05) is 11.9 Å². The Bertz CT molecular complexity index is 601. The molecular formula is C13H13FN4O2. The zero-order valence-electron chi connectivity index (χ0n) is 11.0. The van der Waals surface area contributed by atoms with Crippen LogP contribution in [0.5, 0.6) is 0 Å². The van der Waals surface area contributed by atoms with Crippen LogP contribution in [-0.4, -0.2) is 21.9 Å². The molecule has 2 aromatic rings. The van der Waals surface area contributed by atoms with Gasteiger partial charge >= 0.3 is 5.69 Å². The molecule has 0 aliphatic rings. The highest BCUT2D eigenvalue weighted by Crippen LogP contribution is 2.23. The van der Waals surface area contributed by atoms with E-state index in [1.165, 1.54) is 12.1 Å². The van der Waals surface area contributed by atoms with Gasteiger partial charge in [0.2, 0.25) is 5.95 Å². The second kappa shape index (κ2) is 5.60. The van der Waals surface area contributed by atoms with E-state index in [4.69, 9.17) is 0 Å². The summed E-state index contributed by atoms with van der Waals surface area (Å²) < 4.78 is 12.9. The first kappa shape index (κ1) is 13.9. The maximum Gasteiger partial charge on any atom is 0.305 e. The van der Waals surface area contributed by atoms with Gasteiger partial charge in [-0.15, -0.1) is 0 Å². The van der Waals surface area contributed by atoms with Crippen LogP contribution in [-0.2, 0) is 0 Å². The van der Waals surface area contributed by atoms with Crippen LogP contribution >= 0.6 is 0 Å². The van der Waals surface area contributed by atoms with Crippen molar-refractivity contribution in [3.8, 4) is 0 Å². The highest BCUT2D eigenvalue weighted by Gasteiger charge is 2.16. The summed E-state index contributed by atoms with van der Waals surface area (Å²) in [6.07, 6.45) is 2.33. The fourth-order valence-corrected chi connectivity index (χ4v) is 1.73. The Kier molecular flexibility index (Phi) is 3.88. The maximum absolute atomic E-state index is 12.9. The van der Waals surface area contributed by atoms with Crippen molar-refractivity contribution in [2.24, 2.45) is 0 Å². The van der Waals surface area contributed by atoms with Crippen LogP contribution in [0.4, 0.5) is 16.0 Å². The van der Waals surface area contributed by atoms with Crippen LogP contribution in [0.1, 0.15) is 18.5 Å². The van der Waals surface area contributed by atoms with E-state index in [0.29, 0.717) is 5.95 Å². The van der Waals surface area contributed by atoms with Gasteiger partial charge in [0.15, 0.2) is 0 Å². The second-order valence-electron chi connectivity index (χ2n) is 4.34. The van der Waals surface area contributed by atoms with E-state index in [0.717, 1.165) is 18.0 Å². The van der Waals surface area contributed by atoms with Crippen molar-refractivity contribution >= 4 is 11.6 Å². The Hall–Kier alpha value is -2.57. The van der Waals surface area contributed by atoms with Gasteiger partial charge in [-0.1, -0.05) is 12.1 Å². The molecule has 1 aromatic heterocycles. The third kappa shape index (κ3) is 2.87. The van der Waals surface area contributed by atoms with Gasteiger partial charge in [-0.2, -0.15) is 0 Å². The predicted molar refractivity (Wildman–Crippen MR) is 71.9 cm³/mol. The molecule has 0 radical (unpaired) electrons. The summed E-state index contributed by atoms with van der Waals surface area (Å²) in [6.45, 7) is 1.91. The minimum Gasteiger partial charge on any atom is -0.337 e. The van der Waals surface area contributed by atoms with Gasteiger partial charge in [0.25, 0.3) is 0 Å². The van der Waals surface area contributed by atoms with Crippen molar-refractivity contribution in [3.63, 3.8) is 0 Å². The van der Waals surface area contributed by atoms with Crippen LogP contribution in [0.25, 0.3) is 0 Å². The molecule has 104 valence electrons. The largest absolute Gasteiger partial charge is 0.337 e. The topological polar surface area (TPSA) is 72.2 Å². The Labute approximate surface area is 115 Å².